The third kappa shape index (κ3) is 0.978. The van der Waals surface area contributed by atoms with E-state index >= 15 is 0 Å². The number of hydrogen-bond donors (Lipinski definition) is 0. The number of aryl methyl sites for hydroxylation is 3. The van der Waals surface area contributed by atoms with Crippen LogP contribution in [-0.4, -0.2) is 15.0 Å². The van der Waals surface area contributed by atoms with Gasteiger partial charge < -0.3 is 0 Å². The Kier molecular flexibility index (Phi) is 1.40. The van der Waals surface area contributed by atoms with Gasteiger partial charge in [-0.05, 0) is 37.1 Å². The van der Waals surface area contributed by atoms with Crippen LogP contribution < -0.4 is 0 Å². The molecule has 0 N–H and O–H groups in total. The first-order valence-corrected chi connectivity index (χ1v) is 3.95. The van der Waals surface area contributed by atoms with Gasteiger partial charge in [-0.2, -0.15) is 15.0 Å². The van der Waals surface area contributed by atoms with Crippen molar-refractivity contribution in [3.8, 4) is 0 Å². The number of nitrogens with zero attached hydrogens (tertiary/aromatic N) is 3. The van der Waals surface area contributed by atoms with E-state index in [1.165, 1.54) is 11.1 Å². The molecule has 0 aliphatic carbocycles. The number of aromatic nitrogens is 3. The van der Waals surface area contributed by atoms with Gasteiger partial charge in [-0.25, -0.2) is 0 Å². The van der Waals surface area contributed by atoms with Gasteiger partial charge in [0, 0.05) is 7.05 Å². The summed E-state index contributed by atoms with van der Waals surface area (Å²) in [6.07, 6.45) is 0. The van der Waals surface area contributed by atoms with E-state index in [4.69, 9.17) is 0 Å². The molecule has 0 amide bonds. The molecule has 1 aromatic carbocycles. The van der Waals surface area contributed by atoms with Crippen molar-refractivity contribution in [2.45, 2.75) is 13.8 Å². The quantitative estimate of drug-likeness (QED) is 0.587. The minimum atomic E-state index is 0.973. The minimum Gasteiger partial charge on any atom is -0.187 e. The molecule has 0 aliphatic rings. The summed E-state index contributed by atoms with van der Waals surface area (Å²) in [4.78, 5) is 1.60. The lowest BCUT2D eigenvalue weighted by molar-refractivity contribution is 0.665. The van der Waals surface area contributed by atoms with Crippen LogP contribution in [0, 0.1) is 13.8 Å². The zero-order valence-electron chi connectivity index (χ0n) is 7.50. The molecule has 3 heteroatoms. The summed E-state index contributed by atoms with van der Waals surface area (Å²) in [5.41, 5.74) is 4.48. The van der Waals surface area contributed by atoms with Gasteiger partial charge in [0.1, 0.15) is 11.0 Å². The highest BCUT2D eigenvalue weighted by Gasteiger charge is 2.01. The van der Waals surface area contributed by atoms with E-state index in [1.807, 2.05) is 7.05 Å². The molecular formula is C9H11N3. The van der Waals surface area contributed by atoms with E-state index in [9.17, 15) is 0 Å². The van der Waals surface area contributed by atoms with Gasteiger partial charge in [-0.1, -0.05) is 0 Å². The molecule has 0 saturated carbocycles. The maximum atomic E-state index is 4.22. The highest BCUT2D eigenvalue weighted by atomic mass is 15.4. The van der Waals surface area contributed by atoms with Gasteiger partial charge in [0.05, 0.1) is 0 Å². The fourth-order valence-corrected chi connectivity index (χ4v) is 1.28. The Morgan fingerprint density at radius 1 is 1.00 bits per heavy atom. The van der Waals surface area contributed by atoms with Crippen LogP contribution in [0.1, 0.15) is 11.1 Å². The molecule has 0 unspecified atom stereocenters. The summed E-state index contributed by atoms with van der Waals surface area (Å²) in [6, 6.07) is 4.13. The normalized spacial score (nSPS) is 10.9. The van der Waals surface area contributed by atoms with Gasteiger partial charge in [0.15, 0.2) is 0 Å². The second-order valence-corrected chi connectivity index (χ2v) is 3.11. The summed E-state index contributed by atoms with van der Waals surface area (Å²) in [7, 11) is 1.84. The Labute approximate surface area is 71.0 Å². The first kappa shape index (κ1) is 7.28. The lowest BCUT2D eigenvalue weighted by atomic mass is 10.1. The number of rotatable bonds is 0. The van der Waals surface area contributed by atoms with Crippen LogP contribution in [0.15, 0.2) is 12.1 Å². The first-order chi connectivity index (χ1) is 5.66. The van der Waals surface area contributed by atoms with Crippen LogP contribution >= 0.6 is 0 Å². The van der Waals surface area contributed by atoms with Crippen LogP contribution in [0.4, 0.5) is 0 Å². The van der Waals surface area contributed by atoms with E-state index in [-0.39, 0.29) is 0 Å². The Balaban J connectivity index is 2.83. The van der Waals surface area contributed by atoms with Crippen molar-refractivity contribution < 1.29 is 0 Å². The van der Waals surface area contributed by atoms with Crippen LogP contribution in [0.2, 0.25) is 0 Å². The summed E-state index contributed by atoms with van der Waals surface area (Å²) in [6.45, 7) is 4.17. The maximum Gasteiger partial charge on any atom is 0.113 e. The van der Waals surface area contributed by atoms with Crippen LogP contribution in [0.25, 0.3) is 11.0 Å². The summed E-state index contributed by atoms with van der Waals surface area (Å²) in [5, 5.41) is 8.44. The van der Waals surface area contributed by atoms with E-state index in [1.54, 1.807) is 4.80 Å². The maximum absolute atomic E-state index is 4.22. The molecule has 62 valence electrons. The largest absolute Gasteiger partial charge is 0.187 e. The van der Waals surface area contributed by atoms with Crippen molar-refractivity contribution in [3.05, 3.63) is 23.3 Å². The van der Waals surface area contributed by atoms with Gasteiger partial charge in [0.25, 0.3) is 0 Å². The summed E-state index contributed by atoms with van der Waals surface area (Å²) >= 11 is 0. The number of fused-ring (bicyclic) bond motifs is 1. The van der Waals surface area contributed by atoms with Gasteiger partial charge in [0.2, 0.25) is 0 Å². The Morgan fingerprint density at radius 2 is 1.42 bits per heavy atom. The number of benzene rings is 1. The minimum absolute atomic E-state index is 0.973. The van der Waals surface area contributed by atoms with Gasteiger partial charge >= 0.3 is 0 Å². The second kappa shape index (κ2) is 2.30. The molecule has 0 spiro atoms. The highest BCUT2D eigenvalue weighted by Crippen LogP contribution is 2.14. The molecular weight excluding hydrogens is 150 g/mol. The van der Waals surface area contributed by atoms with Crippen LogP contribution in [0.5, 0.6) is 0 Å². The van der Waals surface area contributed by atoms with Crippen LogP contribution in [0.3, 0.4) is 0 Å². The van der Waals surface area contributed by atoms with E-state index in [0.29, 0.717) is 0 Å². The topological polar surface area (TPSA) is 30.7 Å². The summed E-state index contributed by atoms with van der Waals surface area (Å²) < 4.78 is 0. The molecule has 3 nitrogen and oxygen atoms in total. The average molecular weight is 161 g/mol. The molecule has 0 radical (unpaired) electrons. The molecule has 1 aromatic heterocycles. The first-order valence-electron chi connectivity index (χ1n) is 3.95. The van der Waals surface area contributed by atoms with Crippen molar-refractivity contribution in [1.29, 1.82) is 0 Å². The zero-order valence-corrected chi connectivity index (χ0v) is 7.50. The highest BCUT2D eigenvalue weighted by molar-refractivity contribution is 5.75. The molecule has 2 rings (SSSR count). The fraction of sp³-hybridized carbons (Fsp3) is 0.333. The van der Waals surface area contributed by atoms with Gasteiger partial charge in [-0.3, -0.25) is 0 Å². The summed E-state index contributed by atoms with van der Waals surface area (Å²) in [5.74, 6) is 0. The van der Waals surface area contributed by atoms with E-state index in [0.717, 1.165) is 11.0 Å². The lowest BCUT2D eigenvalue weighted by Crippen LogP contribution is -1.90. The predicted octanol–water partition coefficient (Wildman–Crippen LogP) is 1.59. The monoisotopic (exact) mass is 161 g/mol. The lowest BCUT2D eigenvalue weighted by Gasteiger charge is -1.95. The standard InChI is InChI=1S/C9H11N3/c1-6-4-8-9(5-7(6)2)11-12(3)10-8/h4-5H,1-3H3. The molecule has 0 aliphatic heterocycles. The van der Waals surface area contributed by atoms with E-state index in [2.05, 4.69) is 36.2 Å². The van der Waals surface area contributed by atoms with Crippen LogP contribution in [-0.2, 0) is 7.05 Å². The average Bonchev–Trinajstić information content (AvgIpc) is 2.30. The third-order valence-corrected chi connectivity index (χ3v) is 2.10. The SMILES string of the molecule is Cc1cc2nn(C)nc2cc1C. The molecule has 0 atom stereocenters. The van der Waals surface area contributed by atoms with Crippen molar-refractivity contribution in [2.24, 2.45) is 7.05 Å². The molecule has 12 heavy (non-hydrogen) atoms. The van der Waals surface area contributed by atoms with Crippen molar-refractivity contribution >= 4 is 11.0 Å². The van der Waals surface area contributed by atoms with Gasteiger partial charge in [-0.15, -0.1) is 0 Å². The number of hydrogen-bond acceptors (Lipinski definition) is 2. The van der Waals surface area contributed by atoms with E-state index < -0.39 is 0 Å². The zero-order chi connectivity index (χ0) is 8.72. The second-order valence-electron chi connectivity index (χ2n) is 3.11. The smallest absolute Gasteiger partial charge is 0.113 e. The molecule has 0 bridgehead atoms. The molecule has 0 fully saturated rings. The van der Waals surface area contributed by atoms with Crippen molar-refractivity contribution in [2.75, 3.05) is 0 Å². The van der Waals surface area contributed by atoms with Crippen molar-refractivity contribution in [3.63, 3.8) is 0 Å². The molecule has 0 saturated heterocycles. The Hall–Kier alpha value is -1.38. The Morgan fingerprint density at radius 3 is 1.83 bits per heavy atom. The predicted molar refractivity (Wildman–Crippen MR) is 48.0 cm³/mol. The molecule has 2 aromatic rings. The Bertz CT molecular complexity index is 390. The third-order valence-electron chi connectivity index (χ3n) is 2.10. The molecule has 1 heterocycles. The fourth-order valence-electron chi connectivity index (χ4n) is 1.28. The van der Waals surface area contributed by atoms with Crippen molar-refractivity contribution in [1.82, 2.24) is 15.0 Å².